The maximum atomic E-state index is 5.93. The minimum atomic E-state index is 0.729. The summed E-state index contributed by atoms with van der Waals surface area (Å²) in [5.74, 6) is 0.828. The zero-order valence-corrected chi connectivity index (χ0v) is 11.6. The Bertz CT molecular complexity index is 539. The summed E-state index contributed by atoms with van der Waals surface area (Å²) in [7, 11) is 0. The van der Waals surface area contributed by atoms with Crippen molar-refractivity contribution in [1.29, 1.82) is 0 Å². The number of ether oxygens (including phenoxy) is 1. The number of nitrogens with zero attached hydrogens (tertiary/aromatic N) is 1. The van der Waals surface area contributed by atoms with Crippen LogP contribution in [0.5, 0.6) is 0 Å². The predicted octanol–water partition coefficient (Wildman–Crippen LogP) is 3.79. The Balaban J connectivity index is 1.50. The van der Waals surface area contributed by atoms with Crippen LogP contribution in [0.2, 0.25) is 5.02 Å². The number of benzene rings is 1. The van der Waals surface area contributed by atoms with Gasteiger partial charge in [0.2, 0.25) is 0 Å². The SMILES string of the molecule is Clc1ccc2sc(NCCOCC3CC3)nc2c1. The molecule has 0 radical (unpaired) electrons. The molecular weight excluding hydrogens is 268 g/mol. The smallest absolute Gasteiger partial charge is 0.183 e. The molecule has 0 unspecified atom stereocenters. The monoisotopic (exact) mass is 282 g/mol. The molecule has 1 aliphatic carbocycles. The maximum Gasteiger partial charge on any atom is 0.183 e. The van der Waals surface area contributed by atoms with E-state index >= 15 is 0 Å². The van der Waals surface area contributed by atoms with Crippen molar-refractivity contribution in [3.05, 3.63) is 23.2 Å². The second kappa shape index (κ2) is 5.43. The van der Waals surface area contributed by atoms with Gasteiger partial charge in [0, 0.05) is 18.2 Å². The quantitative estimate of drug-likeness (QED) is 0.819. The molecule has 1 N–H and O–H groups in total. The van der Waals surface area contributed by atoms with Crippen molar-refractivity contribution in [1.82, 2.24) is 4.98 Å². The van der Waals surface area contributed by atoms with Gasteiger partial charge in [-0.05, 0) is 37.0 Å². The first-order valence-electron chi connectivity index (χ1n) is 6.19. The molecule has 0 atom stereocenters. The highest BCUT2D eigenvalue weighted by molar-refractivity contribution is 7.22. The number of halogens is 1. The Morgan fingerprint density at radius 2 is 2.33 bits per heavy atom. The lowest BCUT2D eigenvalue weighted by Crippen LogP contribution is -2.10. The van der Waals surface area contributed by atoms with Gasteiger partial charge >= 0.3 is 0 Å². The van der Waals surface area contributed by atoms with Gasteiger partial charge in [0.25, 0.3) is 0 Å². The molecule has 0 spiro atoms. The summed E-state index contributed by atoms with van der Waals surface area (Å²) in [6, 6.07) is 5.79. The molecule has 0 saturated heterocycles. The molecule has 1 aromatic carbocycles. The van der Waals surface area contributed by atoms with Crippen molar-refractivity contribution in [3.63, 3.8) is 0 Å². The molecule has 0 amide bonds. The third-order valence-corrected chi connectivity index (χ3v) is 4.15. The van der Waals surface area contributed by atoms with Gasteiger partial charge in [0.05, 0.1) is 16.8 Å². The summed E-state index contributed by atoms with van der Waals surface area (Å²) in [6.45, 7) is 2.46. The standard InChI is InChI=1S/C13H15ClN2OS/c14-10-3-4-12-11(7-10)16-13(18-12)15-5-6-17-8-9-1-2-9/h3-4,7,9H,1-2,5-6,8H2,(H,15,16). The van der Waals surface area contributed by atoms with E-state index in [-0.39, 0.29) is 0 Å². The van der Waals surface area contributed by atoms with Gasteiger partial charge in [-0.15, -0.1) is 0 Å². The second-order valence-electron chi connectivity index (χ2n) is 4.58. The average molecular weight is 283 g/mol. The van der Waals surface area contributed by atoms with E-state index in [0.29, 0.717) is 0 Å². The third kappa shape index (κ3) is 3.13. The number of aromatic nitrogens is 1. The summed E-state index contributed by atoms with van der Waals surface area (Å²) in [4.78, 5) is 4.49. The Morgan fingerprint density at radius 1 is 1.44 bits per heavy atom. The molecule has 1 aliphatic rings. The van der Waals surface area contributed by atoms with E-state index in [4.69, 9.17) is 16.3 Å². The Hall–Kier alpha value is -0.840. The summed E-state index contributed by atoms with van der Waals surface area (Å²) in [6.07, 6.45) is 2.68. The number of hydrogen-bond donors (Lipinski definition) is 1. The molecule has 1 fully saturated rings. The predicted molar refractivity (Wildman–Crippen MR) is 76.7 cm³/mol. The molecule has 96 valence electrons. The van der Waals surface area contributed by atoms with Crippen LogP contribution in [0.25, 0.3) is 10.2 Å². The lowest BCUT2D eigenvalue weighted by molar-refractivity contribution is 0.134. The van der Waals surface area contributed by atoms with E-state index in [2.05, 4.69) is 10.3 Å². The van der Waals surface area contributed by atoms with Crippen molar-refractivity contribution >= 4 is 38.3 Å². The Labute approximate surface area is 115 Å². The van der Waals surface area contributed by atoms with Crippen LogP contribution in [-0.2, 0) is 4.74 Å². The van der Waals surface area contributed by atoms with Crippen molar-refractivity contribution < 1.29 is 4.74 Å². The third-order valence-electron chi connectivity index (χ3n) is 2.92. The number of rotatable bonds is 6. The van der Waals surface area contributed by atoms with Crippen molar-refractivity contribution in [3.8, 4) is 0 Å². The van der Waals surface area contributed by atoms with Crippen LogP contribution in [0.3, 0.4) is 0 Å². The molecule has 0 bridgehead atoms. The van der Waals surface area contributed by atoms with Crippen molar-refractivity contribution in [2.45, 2.75) is 12.8 Å². The average Bonchev–Trinajstić information content (AvgIpc) is 3.08. The molecule has 0 aliphatic heterocycles. The first kappa shape index (κ1) is 12.2. The van der Waals surface area contributed by atoms with Crippen LogP contribution < -0.4 is 5.32 Å². The fraction of sp³-hybridized carbons (Fsp3) is 0.462. The number of thiazole rings is 1. The minimum Gasteiger partial charge on any atom is -0.379 e. The summed E-state index contributed by atoms with van der Waals surface area (Å²) < 4.78 is 6.72. The number of nitrogens with one attached hydrogen (secondary N) is 1. The molecule has 1 heterocycles. The van der Waals surface area contributed by atoms with E-state index in [1.807, 2.05) is 18.2 Å². The normalized spacial score (nSPS) is 15.2. The summed E-state index contributed by atoms with van der Waals surface area (Å²) >= 11 is 7.58. The lowest BCUT2D eigenvalue weighted by Gasteiger charge is -2.03. The second-order valence-corrected chi connectivity index (χ2v) is 6.04. The maximum absolute atomic E-state index is 5.93. The van der Waals surface area contributed by atoms with Gasteiger partial charge in [-0.1, -0.05) is 22.9 Å². The summed E-state index contributed by atoms with van der Waals surface area (Å²) in [5, 5.41) is 4.95. The Kier molecular flexibility index (Phi) is 3.68. The van der Waals surface area contributed by atoms with E-state index in [9.17, 15) is 0 Å². The first-order chi connectivity index (χ1) is 8.81. The van der Waals surface area contributed by atoms with Crippen molar-refractivity contribution in [2.75, 3.05) is 25.1 Å². The minimum absolute atomic E-state index is 0.729. The Morgan fingerprint density at radius 3 is 3.17 bits per heavy atom. The van der Waals surface area contributed by atoms with Crippen LogP contribution in [0.4, 0.5) is 5.13 Å². The van der Waals surface area contributed by atoms with Crippen LogP contribution in [0, 0.1) is 5.92 Å². The van der Waals surface area contributed by atoms with E-state index in [0.717, 1.165) is 46.0 Å². The highest BCUT2D eigenvalue weighted by Gasteiger charge is 2.20. The number of anilines is 1. The summed E-state index contributed by atoms with van der Waals surface area (Å²) in [5.41, 5.74) is 0.953. The molecular formula is C13H15ClN2OS. The van der Waals surface area contributed by atoms with Gasteiger partial charge in [0.15, 0.2) is 5.13 Å². The fourth-order valence-corrected chi connectivity index (χ4v) is 2.78. The van der Waals surface area contributed by atoms with Gasteiger partial charge in [-0.2, -0.15) is 0 Å². The number of hydrogen-bond acceptors (Lipinski definition) is 4. The van der Waals surface area contributed by atoms with Gasteiger partial charge < -0.3 is 10.1 Å². The van der Waals surface area contributed by atoms with E-state index < -0.39 is 0 Å². The lowest BCUT2D eigenvalue weighted by atomic mass is 10.3. The highest BCUT2D eigenvalue weighted by atomic mass is 35.5. The topological polar surface area (TPSA) is 34.1 Å². The highest BCUT2D eigenvalue weighted by Crippen LogP contribution is 2.29. The van der Waals surface area contributed by atoms with Crippen molar-refractivity contribution in [2.24, 2.45) is 5.92 Å². The number of fused-ring (bicyclic) bond motifs is 1. The molecule has 1 aromatic heterocycles. The van der Waals surface area contributed by atoms with Crippen LogP contribution in [-0.4, -0.2) is 24.7 Å². The molecule has 1 saturated carbocycles. The molecule has 5 heteroatoms. The van der Waals surface area contributed by atoms with Crippen LogP contribution >= 0.6 is 22.9 Å². The van der Waals surface area contributed by atoms with Gasteiger partial charge in [-0.3, -0.25) is 0 Å². The van der Waals surface area contributed by atoms with Crippen LogP contribution in [0.1, 0.15) is 12.8 Å². The van der Waals surface area contributed by atoms with E-state index in [1.54, 1.807) is 11.3 Å². The first-order valence-corrected chi connectivity index (χ1v) is 7.38. The molecule has 3 rings (SSSR count). The van der Waals surface area contributed by atoms with E-state index in [1.165, 1.54) is 12.8 Å². The van der Waals surface area contributed by atoms with Gasteiger partial charge in [0.1, 0.15) is 0 Å². The zero-order valence-electron chi connectivity index (χ0n) is 9.99. The fourth-order valence-electron chi connectivity index (χ4n) is 1.74. The largest absolute Gasteiger partial charge is 0.379 e. The molecule has 3 nitrogen and oxygen atoms in total. The zero-order chi connectivity index (χ0) is 12.4. The molecule has 2 aromatic rings. The van der Waals surface area contributed by atoms with Gasteiger partial charge in [-0.25, -0.2) is 4.98 Å². The van der Waals surface area contributed by atoms with Crippen LogP contribution in [0.15, 0.2) is 18.2 Å². The molecule has 18 heavy (non-hydrogen) atoms.